The summed E-state index contributed by atoms with van der Waals surface area (Å²) in [4.78, 5) is 24.1. The zero-order chi connectivity index (χ0) is 24.9. The second-order valence-electron chi connectivity index (χ2n) is 10.4. The van der Waals surface area contributed by atoms with Gasteiger partial charge in [0.25, 0.3) is 0 Å². The van der Waals surface area contributed by atoms with Gasteiger partial charge in [-0.3, -0.25) is 9.78 Å². The van der Waals surface area contributed by atoms with Crippen LogP contribution in [0.15, 0.2) is 30.7 Å². The fourth-order valence-electron chi connectivity index (χ4n) is 5.20. The number of nitrogens with zero attached hydrogens (tertiary/aromatic N) is 6. The number of anilines is 1. The van der Waals surface area contributed by atoms with Gasteiger partial charge in [-0.25, -0.2) is 9.50 Å². The van der Waals surface area contributed by atoms with Crippen molar-refractivity contribution in [1.82, 2.24) is 19.6 Å². The first-order valence-electron chi connectivity index (χ1n) is 12.6. The van der Waals surface area contributed by atoms with E-state index >= 15 is 0 Å². The summed E-state index contributed by atoms with van der Waals surface area (Å²) in [6.07, 6.45) is 6.37. The number of rotatable bonds is 4. The van der Waals surface area contributed by atoms with Gasteiger partial charge in [-0.2, -0.15) is 10.4 Å². The number of aromatic nitrogens is 4. The standard InChI is InChI=1S/C25H26N6O2.C2H6/c1-25(2,3)33-24(32)17-10-20-18(17)12-30(20)23-22-16(15-4-5-15)9-21(31(22)29-13-28-23)19-8-14(11-26)6-7-27-19;1-2/h6-9,13,15,17-18,20H,4-5,10,12H2,1-3H3;1-2H3/t17?,18?,20-;/m0./s1. The molecule has 2 aliphatic carbocycles. The van der Waals surface area contributed by atoms with Crippen LogP contribution in [-0.2, 0) is 9.53 Å². The van der Waals surface area contributed by atoms with Gasteiger partial charge in [-0.1, -0.05) is 13.8 Å². The van der Waals surface area contributed by atoms with Crippen molar-refractivity contribution in [2.45, 2.75) is 71.4 Å². The largest absolute Gasteiger partial charge is 0.460 e. The molecule has 0 spiro atoms. The van der Waals surface area contributed by atoms with E-state index in [0.717, 1.165) is 48.5 Å². The molecule has 3 fully saturated rings. The number of esters is 1. The Kier molecular flexibility index (Phi) is 5.74. The van der Waals surface area contributed by atoms with Crippen LogP contribution in [0, 0.1) is 23.2 Å². The smallest absolute Gasteiger partial charge is 0.309 e. The number of carbonyl (C=O) groups is 1. The van der Waals surface area contributed by atoms with E-state index in [2.05, 4.69) is 27.1 Å². The van der Waals surface area contributed by atoms with Gasteiger partial charge in [-0.05, 0) is 69.7 Å². The molecule has 4 heterocycles. The third-order valence-corrected chi connectivity index (χ3v) is 7.03. The van der Waals surface area contributed by atoms with Crippen molar-refractivity contribution in [1.29, 1.82) is 5.26 Å². The van der Waals surface area contributed by atoms with Gasteiger partial charge in [0.1, 0.15) is 17.4 Å². The first kappa shape index (κ1) is 23.3. The minimum atomic E-state index is -0.456. The average Bonchev–Trinajstić information content (AvgIpc) is 3.60. The molecule has 3 atom stereocenters. The van der Waals surface area contributed by atoms with Crippen LogP contribution in [-0.4, -0.2) is 43.7 Å². The maximum absolute atomic E-state index is 12.6. The molecule has 6 rings (SSSR count). The fraction of sp³-hybridized carbons (Fsp3) is 0.519. The van der Waals surface area contributed by atoms with Gasteiger partial charge in [0.15, 0.2) is 5.82 Å². The van der Waals surface area contributed by atoms with Gasteiger partial charge in [0.2, 0.25) is 0 Å². The highest BCUT2D eigenvalue weighted by atomic mass is 16.6. The molecule has 3 aromatic heterocycles. The van der Waals surface area contributed by atoms with Crippen LogP contribution in [0.1, 0.15) is 70.9 Å². The molecule has 3 aliphatic rings. The van der Waals surface area contributed by atoms with E-state index in [1.54, 1.807) is 24.7 Å². The predicted octanol–water partition coefficient (Wildman–Crippen LogP) is 4.73. The highest BCUT2D eigenvalue weighted by Gasteiger charge is 2.57. The predicted molar refractivity (Wildman–Crippen MR) is 133 cm³/mol. The lowest BCUT2D eigenvalue weighted by Crippen LogP contribution is -2.69. The molecule has 182 valence electrons. The Balaban J connectivity index is 0.00000124. The first-order chi connectivity index (χ1) is 16.8. The lowest BCUT2D eigenvalue weighted by atomic mass is 9.62. The minimum absolute atomic E-state index is 0.0218. The minimum Gasteiger partial charge on any atom is -0.460 e. The monoisotopic (exact) mass is 472 g/mol. The molecular formula is C27H32N6O2. The molecule has 0 bridgehead atoms. The molecule has 3 aromatic rings. The number of ether oxygens (including phenoxy) is 1. The Hall–Kier alpha value is -3.47. The number of hydrogen-bond donors (Lipinski definition) is 0. The number of pyridine rings is 1. The van der Waals surface area contributed by atoms with Crippen molar-refractivity contribution >= 4 is 17.3 Å². The highest BCUT2D eigenvalue weighted by molar-refractivity contribution is 5.82. The average molecular weight is 473 g/mol. The number of hydrogen-bond acceptors (Lipinski definition) is 7. The quantitative estimate of drug-likeness (QED) is 0.506. The first-order valence-corrected chi connectivity index (χ1v) is 12.6. The van der Waals surface area contributed by atoms with Gasteiger partial charge >= 0.3 is 5.97 Å². The molecule has 2 unspecified atom stereocenters. The van der Waals surface area contributed by atoms with E-state index in [4.69, 9.17) is 9.72 Å². The lowest BCUT2D eigenvalue weighted by Gasteiger charge is -2.59. The summed E-state index contributed by atoms with van der Waals surface area (Å²) in [5.74, 6) is 1.65. The second kappa shape index (κ2) is 8.63. The van der Waals surface area contributed by atoms with Crippen molar-refractivity contribution in [3.63, 3.8) is 0 Å². The normalized spacial score (nSPS) is 22.7. The van der Waals surface area contributed by atoms with E-state index in [-0.39, 0.29) is 11.9 Å². The van der Waals surface area contributed by atoms with E-state index < -0.39 is 5.60 Å². The van der Waals surface area contributed by atoms with E-state index in [9.17, 15) is 10.1 Å². The second-order valence-corrected chi connectivity index (χ2v) is 10.4. The maximum atomic E-state index is 12.6. The Morgan fingerprint density at radius 2 is 1.97 bits per heavy atom. The molecular weight excluding hydrogens is 440 g/mol. The summed E-state index contributed by atoms with van der Waals surface area (Å²) in [6.45, 7) is 10.5. The van der Waals surface area contributed by atoms with Crippen molar-refractivity contribution in [3.05, 3.63) is 41.9 Å². The van der Waals surface area contributed by atoms with E-state index in [1.807, 2.05) is 39.1 Å². The molecule has 0 N–H and O–H groups in total. The molecule has 1 aliphatic heterocycles. The van der Waals surface area contributed by atoms with Crippen LogP contribution in [0.4, 0.5) is 5.82 Å². The Labute approximate surface area is 205 Å². The van der Waals surface area contributed by atoms with E-state index in [0.29, 0.717) is 23.4 Å². The summed E-state index contributed by atoms with van der Waals surface area (Å²) in [7, 11) is 0. The van der Waals surface area contributed by atoms with Crippen LogP contribution in [0.2, 0.25) is 0 Å². The van der Waals surface area contributed by atoms with Crippen molar-refractivity contribution in [2.75, 3.05) is 11.4 Å². The Morgan fingerprint density at radius 1 is 1.20 bits per heavy atom. The molecule has 8 heteroatoms. The molecule has 0 aromatic carbocycles. The van der Waals surface area contributed by atoms with Gasteiger partial charge in [-0.15, -0.1) is 0 Å². The number of piperidine rings is 1. The van der Waals surface area contributed by atoms with Crippen LogP contribution in [0.3, 0.4) is 0 Å². The third-order valence-electron chi connectivity index (χ3n) is 7.03. The number of nitriles is 1. The van der Waals surface area contributed by atoms with Crippen LogP contribution >= 0.6 is 0 Å². The summed E-state index contributed by atoms with van der Waals surface area (Å²) in [5.41, 5.74) is 4.00. The number of carbonyl (C=O) groups excluding carboxylic acids is 1. The van der Waals surface area contributed by atoms with Crippen molar-refractivity contribution in [3.8, 4) is 17.5 Å². The Morgan fingerprint density at radius 3 is 2.60 bits per heavy atom. The zero-order valence-electron chi connectivity index (χ0n) is 21.0. The summed E-state index contributed by atoms with van der Waals surface area (Å²) < 4.78 is 7.55. The van der Waals surface area contributed by atoms with Gasteiger partial charge in [0, 0.05) is 24.7 Å². The summed E-state index contributed by atoms with van der Waals surface area (Å²) in [6, 6.07) is 8.18. The lowest BCUT2D eigenvalue weighted by molar-refractivity contribution is -0.169. The fourth-order valence-corrected chi connectivity index (χ4v) is 5.20. The third kappa shape index (κ3) is 4.03. The maximum Gasteiger partial charge on any atom is 0.309 e. The van der Waals surface area contributed by atoms with Crippen LogP contribution in [0.25, 0.3) is 16.9 Å². The summed E-state index contributed by atoms with van der Waals surface area (Å²) in [5, 5.41) is 13.9. The summed E-state index contributed by atoms with van der Waals surface area (Å²) >= 11 is 0. The molecule has 0 radical (unpaired) electrons. The van der Waals surface area contributed by atoms with Gasteiger partial charge < -0.3 is 9.64 Å². The highest BCUT2D eigenvalue weighted by Crippen LogP contribution is 2.52. The van der Waals surface area contributed by atoms with Gasteiger partial charge in [0.05, 0.1) is 28.9 Å². The van der Waals surface area contributed by atoms with Crippen LogP contribution < -0.4 is 4.90 Å². The molecule has 2 saturated carbocycles. The Bertz CT molecular complexity index is 1310. The zero-order valence-corrected chi connectivity index (χ0v) is 21.0. The topological polar surface area (TPSA) is 96.4 Å². The molecule has 8 nitrogen and oxygen atoms in total. The SMILES string of the molecule is CC.CC(C)(C)OC(=O)C1C[C@H]2C1CN2c1ncnn2c(-c3cc(C#N)ccn3)cc(C3CC3)c12. The number of fused-ring (bicyclic) bond motifs is 2. The molecule has 0 amide bonds. The van der Waals surface area contributed by atoms with Crippen molar-refractivity contribution in [2.24, 2.45) is 11.8 Å². The molecule has 1 saturated heterocycles. The van der Waals surface area contributed by atoms with Crippen molar-refractivity contribution < 1.29 is 9.53 Å². The molecule has 35 heavy (non-hydrogen) atoms. The van der Waals surface area contributed by atoms with E-state index in [1.165, 1.54) is 5.56 Å². The van der Waals surface area contributed by atoms with Crippen LogP contribution in [0.5, 0.6) is 0 Å².